The average molecular weight is 386 g/mol. The van der Waals surface area contributed by atoms with Gasteiger partial charge in [0.05, 0.1) is 13.7 Å². The minimum atomic E-state index is -0.724. The van der Waals surface area contributed by atoms with E-state index in [0.29, 0.717) is 29.4 Å². The lowest BCUT2D eigenvalue weighted by atomic mass is 10.2. The van der Waals surface area contributed by atoms with Crippen LogP contribution in [0.25, 0.3) is 0 Å². The first-order chi connectivity index (χ1) is 13.5. The number of carbonyl (C=O) groups is 3. The van der Waals surface area contributed by atoms with Gasteiger partial charge in [0.15, 0.2) is 6.61 Å². The first-order valence-corrected chi connectivity index (χ1v) is 8.62. The molecule has 0 unspecified atom stereocenters. The Balaban J connectivity index is 1.72. The normalized spacial score (nSPS) is 9.93. The second kappa shape index (κ2) is 10.6. The first-order valence-electron chi connectivity index (χ1n) is 8.62. The van der Waals surface area contributed by atoms with Gasteiger partial charge < -0.3 is 24.8 Å². The minimum Gasteiger partial charge on any atom is -0.497 e. The summed E-state index contributed by atoms with van der Waals surface area (Å²) >= 11 is 0. The molecule has 0 bridgehead atoms. The van der Waals surface area contributed by atoms with E-state index in [1.807, 2.05) is 6.92 Å². The van der Waals surface area contributed by atoms with E-state index < -0.39 is 24.4 Å². The highest BCUT2D eigenvalue weighted by atomic mass is 16.5. The van der Waals surface area contributed by atoms with Crippen LogP contribution in [-0.2, 0) is 14.3 Å². The van der Waals surface area contributed by atoms with Gasteiger partial charge in [0.2, 0.25) is 0 Å². The maximum absolute atomic E-state index is 12.0. The van der Waals surface area contributed by atoms with Crippen molar-refractivity contribution < 1.29 is 28.6 Å². The van der Waals surface area contributed by atoms with Gasteiger partial charge in [-0.1, -0.05) is 6.07 Å². The summed E-state index contributed by atoms with van der Waals surface area (Å²) in [6.45, 7) is 1.62. The maximum atomic E-state index is 12.0. The molecule has 0 heterocycles. The fourth-order valence-electron chi connectivity index (χ4n) is 2.21. The Morgan fingerprint density at radius 3 is 2.43 bits per heavy atom. The van der Waals surface area contributed by atoms with Gasteiger partial charge in [-0.15, -0.1) is 0 Å². The van der Waals surface area contributed by atoms with Crippen LogP contribution >= 0.6 is 0 Å². The van der Waals surface area contributed by atoms with Crippen LogP contribution in [-0.4, -0.2) is 44.7 Å². The van der Waals surface area contributed by atoms with Gasteiger partial charge in [0, 0.05) is 11.3 Å². The highest BCUT2D eigenvalue weighted by Gasteiger charge is 2.11. The van der Waals surface area contributed by atoms with Crippen molar-refractivity contribution in [3.63, 3.8) is 0 Å². The van der Waals surface area contributed by atoms with E-state index in [1.54, 1.807) is 48.5 Å². The van der Waals surface area contributed by atoms with Crippen molar-refractivity contribution >= 4 is 23.5 Å². The fraction of sp³-hybridized carbons (Fsp3) is 0.250. The lowest BCUT2D eigenvalue weighted by Crippen LogP contribution is -2.32. The third-order valence-corrected chi connectivity index (χ3v) is 3.54. The molecule has 2 aromatic rings. The zero-order valence-electron chi connectivity index (χ0n) is 15.7. The third-order valence-electron chi connectivity index (χ3n) is 3.54. The molecule has 0 saturated carbocycles. The molecule has 0 atom stereocenters. The van der Waals surface area contributed by atoms with Gasteiger partial charge in [-0.3, -0.25) is 14.4 Å². The van der Waals surface area contributed by atoms with E-state index in [9.17, 15) is 14.4 Å². The van der Waals surface area contributed by atoms with Crippen LogP contribution in [0.3, 0.4) is 0 Å². The molecule has 2 amide bonds. The van der Waals surface area contributed by atoms with E-state index in [2.05, 4.69) is 10.6 Å². The van der Waals surface area contributed by atoms with Crippen LogP contribution in [0, 0.1) is 0 Å². The monoisotopic (exact) mass is 386 g/mol. The third kappa shape index (κ3) is 6.64. The van der Waals surface area contributed by atoms with Crippen molar-refractivity contribution in [3.05, 3.63) is 54.1 Å². The van der Waals surface area contributed by atoms with Crippen LogP contribution in [0.5, 0.6) is 11.5 Å². The summed E-state index contributed by atoms with van der Waals surface area (Å²) in [5.41, 5.74) is 0.899. The number of rotatable bonds is 9. The first kappa shape index (κ1) is 20.8. The van der Waals surface area contributed by atoms with E-state index in [1.165, 1.54) is 7.11 Å². The maximum Gasteiger partial charge on any atom is 0.325 e. The largest absolute Gasteiger partial charge is 0.497 e. The lowest BCUT2D eigenvalue weighted by molar-refractivity contribution is -0.146. The molecule has 2 N–H and O–H groups in total. The number of hydrogen-bond donors (Lipinski definition) is 2. The molecule has 0 radical (unpaired) electrons. The number of methoxy groups -OCH3 is 1. The summed E-state index contributed by atoms with van der Waals surface area (Å²) < 4.78 is 15.2. The van der Waals surface area contributed by atoms with Crippen molar-refractivity contribution in [2.75, 3.05) is 32.2 Å². The van der Waals surface area contributed by atoms with Crippen LogP contribution in [0.15, 0.2) is 48.5 Å². The molecule has 0 aromatic heterocycles. The van der Waals surface area contributed by atoms with Crippen molar-refractivity contribution in [2.24, 2.45) is 0 Å². The molecule has 8 heteroatoms. The van der Waals surface area contributed by atoms with Gasteiger partial charge in [-0.05, 0) is 49.4 Å². The molecule has 148 valence electrons. The minimum absolute atomic E-state index is 0.348. The van der Waals surface area contributed by atoms with Gasteiger partial charge >= 0.3 is 5.97 Å². The molecule has 0 aliphatic heterocycles. The average Bonchev–Trinajstić information content (AvgIpc) is 2.72. The van der Waals surface area contributed by atoms with Gasteiger partial charge in [-0.2, -0.15) is 0 Å². The molecule has 0 aliphatic rings. The summed E-state index contributed by atoms with van der Waals surface area (Å²) in [7, 11) is 1.49. The molecule has 0 fully saturated rings. The predicted octanol–water partition coefficient (Wildman–Crippen LogP) is 2.01. The molecule has 2 aromatic carbocycles. The number of esters is 1. The van der Waals surface area contributed by atoms with Gasteiger partial charge in [-0.25, -0.2) is 0 Å². The highest BCUT2D eigenvalue weighted by molar-refractivity contribution is 5.97. The van der Waals surface area contributed by atoms with Crippen LogP contribution in [0.1, 0.15) is 17.3 Å². The molecule has 0 aliphatic carbocycles. The number of ether oxygens (including phenoxy) is 3. The second-order valence-corrected chi connectivity index (χ2v) is 5.58. The smallest absolute Gasteiger partial charge is 0.325 e. The molecule has 0 saturated heterocycles. The zero-order valence-corrected chi connectivity index (χ0v) is 15.7. The number of anilines is 1. The van der Waals surface area contributed by atoms with E-state index in [-0.39, 0.29) is 6.54 Å². The second-order valence-electron chi connectivity index (χ2n) is 5.58. The Hall–Kier alpha value is -3.55. The van der Waals surface area contributed by atoms with E-state index in [4.69, 9.17) is 14.2 Å². The number of carbonyl (C=O) groups excluding carboxylic acids is 3. The van der Waals surface area contributed by atoms with Gasteiger partial charge in [0.1, 0.15) is 18.0 Å². The molecule has 28 heavy (non-hydrogen) atoms. The molecular weight excluding hydrogens is 364 g/mol. The number of amides is 2. The summed E-state index contributed by atoms with van der Waals surface area (Å²) in [6, 6.07) is 13.3. The standard InChI is InChI=1S/C20H22N2O6/c1-3-27-16-9-7-15(8-10-16)22-18(23)13-28-19(24)12-21-20(25)14-5-4-6-17(11-14)26-2/h4-11H,3,12-13H2,1-2H3,(H,21,25)(H,22,23). The van der Waals surface area contributed by atoms with Gasteiger partial charge in [0.25, 0.3) is 11.8 Å². The Morgan fingerprint density at radius 1 is 1.00 bits per heavy atom. The molecule has 2 rings (SSSR count). The van der Waals surface area contributed by atoms with Crippen LogP contribution in [0.2, 0.25) is 0 Å². The number of hydrogen-bond acceptors (Lipinski definition) is 6. The Kier molecular flexibility index (Phi) is 7.83. The topological polar surface area (TPSA) is 103 Å². The molecule has 8 nitrogen and oxygen atoms in total. The Labute approximate surface area is 162 Å². The number of nitrogens with one attached hydrogen (secondary N) is 2. The van der Waals surface area contributed by atoms with E-state index >= 15 is 0 Å². The summed E-state index contributed by atoms with van der Waals surface area (Å²) in [4.78, 5) is 35.6. The van der Waals surface area contributed by atoms with Crippen LogP contribution in [0.4, 0.5) is 5.69 Å². The van der Waals surface area contributed by atoms with Crippen molar-refractivity contribution in [1.82, 2.24) is 5.32 Å². The van der Waals surface area contributed by atoms with E-state index in [0.717, 1.165) is 0 Å². The summed E-state index contributed by atoms with van der Waals surface area (Å²) in [5, 5.41) is 5.02. The zero-order chi connectivity index (χ0) is 20.4. The number of benzene rings is 2. The quantitative estimate of drug-likeness (QED) is 0.639. The predicted molar refractivity (Wildman–Crippen MR) is 103 cm³/mol. The summed E-state index contributed by atoms with van der Waals surface area (Å²) in [6.07, 6.45) is 0. The molecule has 0 spiro atoms. The van der Waals surface area contributed by atoms with Crippen LogP contribution < -0.4 is 20.1 Å². The van der Waals surface area contributed by atoms with Crippen molar-refractivity contribution in [2.45, 2.75) is 6.92 Å². The molecular formula is C20H22N2O6. The van der Waals surface area contributed by atoms with Crippen molar-refractivity contribution in [1.29, 1.82) is 0 Å². The fourth-order valence-corrected chi connectivity index (χ4v) is 2.21. The SMILES string of the molecule is CCOc1ccc(NC(=O)COC(=O)CNC(=O)c2cccc(OC)c2)cc1. The highest BCUT2D eigenvalue weighted by Crippen LogP contribution is 2.15. The summed E-state index contributed by atoms with van der Waals surface area (Å²) in [5.74, 6) is -0.440. The van der Waals surface area contributed by atoms with Crippen molar-refractivity contribution in [3.8, 4) is 11.5 Å². The Morgan fingerprint density at radius 2 is 1.75 bits per heavy atom. The lowest BCUT2D eigenvalue weighted by Gasteiger charge is -2.09. The Bertz CT molecular complexity index is 820.